The highest BCUT2D eigenvalue weighted by Gasteiger charge is 2.52. The topological polar surface area (TPSA) is 6.48 Å². The molecule has 2 nitrogen and oxygen atoms in total. The number of rotatable bonds is 6. The Hall–Kier alpha value is -7.68. The van der Waals surface area contributed by atoms with Crippen LogP contribution in [0.4, 0.5) is 34.1 Å². The molecule has 1 unspecified atom stereocenters. The lowest BCUT2D eigenvalue weighted by atomic mass is 9.70. The van der Waals surface area contributed by atoms with Gasteiger partial charge in [-0.25, -0.2) is 0 Å². The first-order valence-electron chi connectivity index (χ1n) is 20.4. The summed E-state index contributed by atoms with van der Waals surface area (Å²) in [5.41, 5.74) is 16.7. The van der Waals surface area contributed by atoms with Crippen LogP contribution in [0.2, 0.25) is 0 Å². The zero-order valence-corrected chi connectivity index (χ0v) is 32.3. The van der Waals surface area contributed by atoms with E-state index in [9.17, 15) is 0 Å². The second-order valence-corrected chi connectivity index (χ2v) is 15.6. The maximum absolute atomic E-state index is 2.52. The standard InChI is InChI=1S/C57H38N2/c1-4-21-40(22-5-1)58(41-23-6-2-7-24-41)55-38-53-56(47-30-13-12-29-46(47)55)48-31-15-17-33-51(48)57(53)50-32-16-14-28-45(50)49-37-43(35-36-52(49)57)59(42-25-8-3-9-26-42)54-34-18-20-39-19-10-11-27-44(39)54/h1-38H. The Kier molecular flexibility index (Phi) is 7.48. The lowest BCUT2D eigenvalue weighted by Gasteiger charge is -2.33. The molecule has 0 heterocycles. The van der Waals surface area contributed by atoms with E-state index in [0.717, 1.165) is 34.1 Å². The Morgan fingerprint density at radius 1 is 0.271 bits per heavy atom. The lowest BCUT2D eigenvalue weighted by molar-refractivity contribution is 0.794. The predicted molar refractivity (Wildman–Crippen MR) is 247 cm³/mol. The summed E-state index contributed by atoms with van der Waals surface area (Å²) in [5, 5.41) is 4.92. The molecule has 0 aromatic heterocycles. The molecular weight excluding hydrogens is 713 g/mol. The van der Waals surface area contributed by atoms with Gasteiger partial charge in [-0.15, -0.1) is 0 Å². The number of benzene rings is 10. The summed E-state index contributed by atoms with van der Waals surface area (Å²) in [6, 6.07) is 84.8. The van der Waals surface area contributed by atoms with Crippen molar-refractivity contribution >= 4 is 55.7 Å². The van der Waals surface area contributed by atoms with Crippen molar-refractivity contribution in [3.8, 4) is 22.3 Å². The van der Waals surface area contributed by atoms with Gasteiger partial charge in [0.15, 0.2) is 0 Å². The smallest absolute Gasteiger partial charge is 0.0726 e. The number of hydrogen-bond acceptors (Lipinski definition) is 2. The molecule has 0 aliphatic heterocycles. The van der Waals surface area contributed by atoms with Crippen LogP contribution in [0.3, 0.4) is 0 Å². The summed E-state index contributed by atoms with van der Waals surface area (Å²) in [7, 11) is 0. The van der Waals surface area contributed by atoms with E-state index < -0.39 is 5.41 Å². The Labute approximate surface area is 344 Å². The average Bonchev–Trinajstić information content (AvgIpc) is 3.77. The van der Waals surface area contributed by atoms with Gasteiger partial charge >= 0.3 is 0 Å². The Morgan fingerprint density at radius 3 is 1.44 bits per heavy atom. The van der Waals surface area contributed by atoms with E-state index in [-0.39, 0.29) is 0 Å². The molecule has 2 aliphatic carbocycles. The molecule has 276 valence electrons. The number of para-hydroxylation sites is 3. The minimum Gasteiger partial charge on any atom is -0.310 e. The Morgan fingerprint density at radius 2 is 0.763 bits per heavy atom. The van der Waals surface area contributed by atoms with Gasteiger partial charge in [-0.05, 0) is 116 Å². The quantitative estimate of drug-likeness (QED) is 0.167. The van der Waals surface area contributed by atoms with Crippen molar-refractivity contribution in [3.05, 3.63) is 253 Å². The van der Waals surface area contributed by atoms with Crippen LogP contribution in [-0.2, 0) is 5.41 Å². The van der Waals surface area contributed by atoms with Crippen LogP contribution in [0, 0.1) is 0 Å². The molecule has 59 heavy (non-hydrogen) atoms. The fourth-order valence-corrected chi connectivity index (χ4v) is 10.3. The van der Waals surface area contributed by atoms with Crippen LogP contribution < -0.4 is 9.80 Å². The molecule has 0 N–H and O–H groups in total. The molecule has 1 spiro atoms. The highest BCUT2D eigenvalue weighted by atomic mass is 15.1. The number of fused-ring (bicyclic) bond motifs is 13. The average molecular weight is 751 g/mol. The summed E-state index contributed by atoms with van der Waals surface area (Å²) < 4.78 is 0. The predicted octanol–water partition coefficient (Wildman–Crippen LogP) is 15.3. The molecule has 0 saturated carbocycles. The maximum atomic E-state index is 2.52. The second-order valence-electron chi connectivity index (χ2n) is 15.6. The minimum atomic E-state index is -0.536. The molecule has 2 aliphatic rings. The van der Waals surface area contributed by atoms with E-state index in [2.05, 4.69) is 240 Å². The molecule has 10 aromatic carbocycles. The van der Waals surface area contributed by atoms with E-state index in [1.54, 1.807) is 0 Å². The summed E-state index contributed by atoms with van der Waals surface area (Å²) in [6.07, 6.45) is 0. The molecule has 1 atom stereocenters. The fraction of sp³-hybridized carbons (Fsp3) is 0.0175. The van der Waals surface area contributed by atoms with Crippen LogP contribution in [0.1, 0.15) is 22.3 Å². The zero-order chi connectivity index (χ0) is 38.9. The van der Waals surface area contributed by atoms with Crippen LogP contribution in [0.15, 0.2) is 231 Å². The fourth-order valence-electron chi connectivity index (χ4n) is 10.3. The molecular formula is C57H38N2. The van der Waals surface area contributed by atoms with E-state index in [1.165, 1.54) is 66.1 Å². The van der Waals surface area contributed by atoms with Gasteiger partial charge in [0.25, 0.3) is 0 Å². The van der Waals surface area contributed by atoms with E-state index in [0.29, 0.717) is 0 Å². The van der Waals surface area contributed by atoms with Gasteiger partial charge < -0.3 is 9.80 Å². The van der Waals surface area contributed by atoms with Crippen molar-refractivity contribution in [2.24, 2.45) is 0 Å². The third-order valence-electron chi connectivity index (χ3n) is 12.6. The highest BCUT2D eigenvalue weighted by Crippen LogP contribution is 2.65. The zero-order valence-electron chi connectivity index (χ0n) is 32.3. The first-order valence-corrected chi connectivity index (χ1v) is 20.4. The van der Waals surface area contributed by atoms with Gasteiger partial charge in [-0.1, -0.05) is 170 Å². The first-order chi connectivity index (χ1) is 29.3. The van der Waals surface area contributed by atoms with Crippen LogP contribution >= 0.6 is 0 Å². The van der Waals surface area contributed by atoms with Gasteiger partial charge in [0, 0.05) is 33.5 Å². The highest BCUT2D eigenvalue weighted by molar-refractivity contribution is 6.12. The number of nitrogens with zero attached hydrogens (tertiary/aromatic N) is 2. The van der Waals surface area contributed by atoms with Crippen molar-refractivity contribution in [1.29, 1.82) is 0 Å². The van der Waals surface area contributed by atoms with E-state index in [1.807, 2.05) is 0 Å². The first kappa shape index (κ1) is 33.5. The van der Waals surface area contributed by atoms with Crippen molar-refractivity contribution in [2.45, 2.75) is 5.41 Å². The summed E-state index contributed by atoms with van der Waals surface area (Å²) >= 11 is 0. The number of anilines is 6. The third-order valence-corrected chi connectivity index (χ3v) is 12.6. The molecule has 0 fully saturated rings. The normalized spacial score (nSPS) is 14.5. The van der Waals surface area contributed by atoms with E-state index >= 15 is 0 Å². The van der Waals surface area contributed by atoms with Gasteiger partial charge in [-0.3, -0.25) is 0 Å². The summed E-state index contributed by atoms with van der Waals surface area (Å²) in [5.74, 6) is 0. The third kappa shape index (κ3) is 4.87. The molecule has 0 bridgehead atoms. The van der Waals surface area contributed by atoms with E-state index in [4.69, 9.17) is 0 Å². The largest absolute Gasteiger partial charge is 0.310 e. The molecule has 12 rings (SSSR count). The summed E-state index contributed by atoms with van der Waals surface area (Å²) in [6.45, 7) is 0. The number of hydrogen-bond donors (Lipinski definition) is 0. The van der Waals surface area contributed by atoms with Crippen LogP contribution in [0.5, 0.6) is 0 Å². The van der Waals surface area contributed by atoms with Gasteiger partial charge in [0.05, 0.1) is 16.8 Å². The second kappa shape index (κ2) is 13.2. The molecule has 0 saturated heterocycles. The van der Waals surface area contributed by atoms with Crippen molar-refractivity contribution < 1.29 is 0 Å². The summed E-state index contributed by atoms with van der Waals surface area (Å²) in [4.78, 5) is 4.86. The Balaban J connectivity index is 1.16. The van der Waals surface area contributed by atoms with Crippen molar-refractivity contribution in [2.75, 3.05) is 9.80 Å². The monoisotopic (exact) mass is 750 g/mol. The van der Waals surface area contributed by atoms with Gasteiger partial charge in [0.2, 0.25) is 0 Å². The van der Waals surface area contributed by atoms with Gasteiger partial charge in [-0.2, -0.15) is 0 Å². The SMILES string of the molecule is c1ccc(N(c2ccc3c(c2)-c2ccccc2C32c3ccccc3-c3c2cc(N(c2ccccc2)c2ccccc2)c2ccccc32)c2cccc3ccccc23)cc1. The molecule has 0 radical (unpaired) electrons. The molecule has 0 amide bonds. The van der Waals surface area contributed by atoms with Crippen molar-refractivity contribution in [3.63, 3.8) is 0 Å². The lowest BCUT2D eigenvalue weighted by Crippen LogP contribution is -2.26. The molecule has 2 heteroatoms. The van der Waals surface area contributed by atoms with Crippen LogP contribution in [-0.4, -0.2) is 0 Å². The van der Waals surface area contributed by atoms with Crippen molar-refractivity contribution in [1.82, 2.24) is 0 Å². The van der Waals surface area contributed by atoms with Gasteiger partial charge in [0.1, 0.15) is 0 Å². The van der Waals surface area contributed by atoms with Crippen LogP contribution in [0.25, 0.3) is 43.8 Å². The minimum absolute atomic E-state index is 0.536. The Bertz CT molecular complexity index is 3180. The molecule has 10 aromatic rings. The maximum Gasteiger partial charge on any atom is 0.0726 e.